The topological polar surface area (TPSA) is 85.9 Å². The van der Waals surface area contributed by atoms with E-state index in [2.05, 4.69) is 15.1 Å². The van der Waals surface area contributed by atoms with Crippen LogP contribution < -0.4 is 14.2 Å². The van der Waals surface area contributed by atoms with Gasteiger partial charge in [0.2, 0.25) is 5.95 Å². The molecule has 1 saturated heterocycles. The van der Waals surface area contributed by atoms with Crippen molar-refractivity contribution >= 4 is 6.47 Å². The highest BCUT2D eigenvalue weighted by atomic mass is 19.1. The molecule has 1 fully saturated rings. The molecule has 0 amide bonds. The van der Waals surface area contributed by atoms with Crippen LogP contribution in [0.5, 0.6) is 23.0 Å². The van der Waals surface area contributed by atoms with Crippen molar-refractivity contribution in [3.8, 4) is 45.3 Å². The van der Waals surface area contributed by atoms with E-state index in [0.717, 1.165) is 56.1 Å². The van der Waals surface area contributed by atoms with Crippen molar-refractivity contribution in [3.05, 3.63) is 78.9 Å². The number of hydrogen-bond donors (Lipinski definition) is 1. The lowest BCUT2D eigenvalue weighted by Crippen LogP contribution is -2.37. The number of nitrogens with one attached hydrogen (secondary N) is 1. The van der Waals surface area contributed by atoms with Crippen molar-refractivity contribution in [3.63, 3.8) is 0 Å². The van der Waals surface area contributed by atoms with Crippen LogP contribution in [0.4, 0.5) is 4.39 Å². The Balaban J connectivity index is 1.22. The van der Waals surface area contributed by atoms with Gasteiger partial charge in [-0.05, 0) is 59.5 Å². The van der Waals surface area contributed by atoms with E-state index in [9.17, 15) is 9.18 Å². The van der Waals surface area contributed by atoms with E-state index in [1.807, 2.05) is 48.5 Å². The van der Waals surface area contributed by atoms with E-state index in [-0.39, 0.29) is 11.3 Å². The first-order valence-electron chi connectivity index (χ1n) is 12.4. The van der Waals surface area contributed by atoms with Crippen LogP contribution in [0.2, 0.25) is 0 Å². The third-order valence-electron chi connectivity index (χ3n) is 6.26. The number of morpholine rings is 1. The van der Waals surface area contributed by atoms with E-state index in [4.69, 9.17) is 18.9 Å². The van der Waals surface area contributed by atoms with Crippen LogP contribution in [-0.2, 0) is 9.53 Å². The molecule has 0 spiro atoms. The summed E-state index contributed by atoms with van der Waals surface area (Å²) in [7, 11) is 0. The molecule has 4 aromatic rings. The van der Waals surface area contributed by atoms with Crippen LogP contribution in [0.1, 0.15) is 6.42 Å². The number of carbonyl (C=O) groups excluding carboxylic acids is 1. The molecule has 9 heteroatoms. The number of H-pyrrole nitrogens is 1. The van der Waals surface area contributed by atoms with Crippen LogP contribution in [0.3, 0.4) is 0 Å². The Bertz CT molecular complexity index is 1350. The van der Waals surface area contributed by atoms with Gasteiger partial charge in [0, 0.05) is 19.6 Å². The fraction of sp³-hybridized carbons (Fsp3) is 0.241. The zero-order chi connectivity index (χ0) is 26.2. The largest absolute Gasteiger partial charge is 0.494 e. The minimum Gasteiger partial charge on any atom is -0.494 e. The molecule has 1 N–H and O–H groups in total. The van der Waals surface area contributed by atoms with Gasteiger partial charge in [-0.3, -0.25) is 14.8 Å². The van der Waals surface area contributed by atoms with Crippen molar-refractivity contribution < 1.29 is 28.1 Å². The van der Waals surface area contributed by atoms with Gasteiger partial charge in [-0.1, -0.05) is 30.3 Å². The standard InChI is InChI=1S/C29H28FN3O5/c30-29-26(19-31-32-29)23-7-10-27(28(18-23)37-20-34)38-25-4-1-3-22(17-25)21-5-8-24(9-6-21)36-14-2-11-33-12-15-35-16-13-33/h1,3-10,17-20H,2,11-16H2,(H,31,32). The molecule has 3 aromatic carbocycles. The number of benzene rings is 3. The zero-order valence-corrected chi connectivity index (χ0v) is 20.8. The van der Waals surface area contributed by atoms with Crippen molar-refractivity contribution in [1.29, 1.82) is 0 Å². The molecule has 8 nitrogen and oxygen atoms in total. The lowest BCUT2D eigenvalue weighted by atomic mass is 10.1. The summed E-state index contributed by atoms with van der Waals surface area (Å²) in [4.78, 5) is 13.5. The third-order valence-corrected chi connectivity index (χ3v) is 6.26. The highest BCUT2D eigenvalue weighted by Gasteiger charge is 2.14. The van der Waals surface area contributed by atoms with Crippen LogP contribution in [0, 0.1) is 5.95 Å². The van der Waals surface area contributed by atoms with Crippen LogP contribution in [-0.4, -0.2) is 61.0 Å². The number of ether oxygens (including phenoxy) is 4. The van der Waals surface area contributed by atoms with Crippen molar-refractivity contribution in [1.82, 2.24) is 15.1 Å². The molecule has 0 bridgehead atoms. The van der Waals surface area contributed by atoms with E-state index < -0.39 is 5.95 Å². The fourth-order valence-corrected chi connectivity index (χ4v) is 4.29. The molecule has 196 valence electrons. The molecule has 5 rings (SSSR count). The van der Waals surface area contributed by atoms with Gasteiger partial charge in [0.05, 0.1) is 31.6 Å². The second-order valence-corrected chi connectivity index (χ2v) is 8.78. The maximum atomic E-state index is 13.9. The van der Waals surface area contributed by atoms with Gasteiger partial charge in [-0.25, -0.2) is 0 Å². The normalized spacial score (nSPS) is 13.7. The number of rotatable bonds is 11. The van der Waals surface area contributed by atoms with Gasteiger partial charge < -0.3 is 18.9 Å². The summed E-state index contributed by atoms with van der Waals surface area (Å²) < 4.78 is 36.3. The highest BCUT2D eigenvalue weighted by molar-refractivity contribution is 5.69. The first-order valence-corrected chi connectivity index (χ1v) is 12.4. The lowest BCUT2D eigenvalue weighted by Gasteiger charge is -2.26. The molecule has 2 heterocycles. The number of hydrogen-bond acceptors (Lipinski definition) is 7. The Kier molecular flexibility index (Phi) is 8.27. The van der Waals surface area contributed by atoms with E-state index in [1.165, 1.54) is 12.3 Å². The number of nitrogens with zero attached hydrogens (tertiary/aromatic N) is 2. The second-order valence-electron chi connectivity index (χ2n) is 8.78. The molecule has 0 saturated carbocycles. The lowest BCUT2D eigenvalue weighted by molar-refractivity contribution is -0.120. The quantitative estimate of drug-likeness (QED) is 0.213. The summed E-state index contributed by atoms with van der Waals surface area (Å²) in [5, 5.41) is 5.94. The van der Waals surface area contributed by atoms with E-state index >= 15 is 0 Å². The molecular formula is C29H28FN3O5. The molecule has 0 aliphatic carbocycles. The fourth-order valence-electron chi connectivity index (χ4n) is 4.29. The van der Waals surface area contributed by atoms with Gasteiger partial charge in [0.15, 0.2) is 11.5 Å². The van der Waals surface area contributed by atoms with Crippen LogP contribution >= 0.6 is 0 Å². The zero-order valence-electron chi connectivity index (χ0n) is 20.8. The summed E-state index contributed by atoms with van der Waals surface area (Å²) in [5.74, 6) is 1.30. The average molecular weight is 518 g/mol. The Morgan fingerprint density at radius 3 is 2.53 bits per heavy atom. The minimum absolute atomic E-state index is 0.165. The van der Waals surface area contributed by atoms with Gasteiger partial charge in [-0.2, -0.15) is 9.49 Å². The number of halogens is 1. The van der Waals surface area contributed by atoms with Gasteiger partial charge in [0.1, 0.15) is 11.5 Å². The smallest absolute Gasteiger partial charge is 0.298 e. The molecular weight excluding hydrogens is 489 g/mol. The van der Waals surface area contributed by atoms with Crippen molar-refractivity contribution in [2.75, 3.05) is 39.5 Å². The minimum atomic E-state index is -0.576. The predicted octanol–water partition coefficient (Wildman–Crippen LogP) is 5.31. The summed E-state index contributed by atoms with van der Waals surface area (Å²) in [6, 6.07) is 20.3. The summed E-state index contributed by atoms with van der Waals surface area (Å²) in [5.41, 5.74) is 2.72. The molecule has 1 aliphatic rings. The maximum Gasteiger partial charge on any atom is 0.298 e. The van der Waals surface area contributed by atoms with Gasteiger partial charge >= 0.3 is 0 Å². The number of aromatic amines is 1. The van der Waals surface area contributed by atoms with Crippen LogP contribution in [0.25, 0.3) is 22.3 Å². The Labute approximate surface area is 219 Å². The SMILES string of the molecule is O=COc1cc(-c2cn[nH]c2F)ccc1Oc1cccc(-c2ccc(OCCCN3CCOCC3)cc2)c1. The van der Waals surface area contributed by atoms with E-state index in [1.54, 1.807) is 12.1 Å². The molecule has 0 radical (unpaired) electrons. The number of carbonyl (C=O) groups is 1. The first-order chi connectivity index (χ1) is 18.7. The molecule has 1 aliphatic heterocycles. The maximum absolute atomic E-state index is 13.9. The Hall–Kier alpha value is -4.21. The molecule has 0 unspecified atom stereocenters. The van der Waals surface area contributed by atoms with Crippen LogP contribution in [0.15, 0.2) is 72.9 Å². The third kappa shape index (κ3) is 6.37. The second kappa shape index (κ2) is 12.4. The molecule has 1 aromatic heterocycles. The highest BCUT2D eigenvalue weighted by Crippen LogP contribution is 2.37. The Morgan fingerprint density at radius 2 is 1.76 bits per heavy atom. The Morgan fingerprint density at radius 1 is 0.947 bits per heavy atom. The molecule has 38 heavy (non-hydrogen) atoms. The predicted molar refractivity (Wildman–Crippen MR) is 140 cm³/mol. The monoisotopic (exact) mass is 517 g/mol. The van der Waals surface area contributed by atoms with Crippen molar-refractivity contribution in [2.24, 2.45) is 0 Å². The molecule has 0 atom stereocenters. The number of aromatic nitrogens is 2. The first kappa shape index (κ1) is 25.4. The average Bonchev–Trinajstić information content (AvgIpc) is 3.39. The summed E-state index contributed by atoms with van der Waals surface area (Å²) >= 11 is 0. The summed E-state index contributed by atoms with van der Waals surface area (Å²) in [6.07, 6.45) is 2.33. The van der Waals surface area contributed by atoms with Crippen molar-refractivity contribution in [2.45, 2.75) is 6.42 Å². The van der Waals surface area contributed by atoms with E-state index in [0.29, 0.717) is 30.1 Å². The van der Waals surface area contributed by atoms with Gasteiger partial charge in [-0.15, -0.1) is 0 Å². The van der Waals surface area contributed by atoms with Gasteiger partial charge in [0.25, 0.3) is 6.47 Å². The summed E-state index contributed by atoms with van der Waals surface area (Å²) in [6.45, 7) is 5.57.